The molecule has 0 spiro atoms. The molecule has 3 aromatic rings. The SMILES string of the molecule is CC(C)CCCC(C)CCc1cccc2c1[nH]c1ccc(Br)cc12. The van der Waals surface area contributed by atoms with Crippen molar-refractivity contribution in [1.82, 2.24) is 4.98 Å². The molecule has 0 radical (unpaired) electrons. The molecule has 0 amide bonds. The van der Waals surface area contributed by atoms with Gasteiger partial charge in [0.2, 0.25) is 0 Å². The van der Waals surface area contributed by atoms with Gasteiger partial charge < -0.3 is 4.98 Å². The van der Waals surface area contributed by atoms with Gasteiger partial charge in [0.05, 0.1) is 0 Å². The van der Waals surface area contributed by atoms with Crippen LogP contribution in [0.4, 0.5) is 0 Å². The molecule has 3 rings (SSSR count). The Kier molecular flexibility index (Phi) is 5.65. The lowest BCUT2D eigenvalue weighted by atomic mass is 9.94. The molecule has 1 nitrogen and oxygen atoms in total. The summed E-state index contributed by atoms with van der Waals surface area (Å²) in [5, 5.41) is 2.66. The molecule has 2 aromatic carbocycles. The van der Waals surface area contributed by atoms with E-state index in [9.17, 15) is 0 Å². The number of fused-ring (bicyclic) bond motifs is 3. The fraction of sp³-hybridized carbons (Fsp3) is 0.455. The zero-order valence-corrected chi connectivity index (χ0v) is 16.6. The Balaban J connectivity index is 1.74. The second-order valence-corrected chi connectivity index (χ2v) is 8.54. The van der Waals surface area contributed by atoms with E-state index >= 15 is 0 Å². The third kappa shape index (κ3) is 4.03. The number of para-hydroxylation sites is 1. The van der Waals surface area contributed by atoms with Gasteiger partial charge in [-0.3, -0.25) is 0 Å². The fourth-order valence-electron chi connectivity index (χ4n) is 3.58. The van der Waals surface area contributed by atoms with E-state index in [4.69, 9.17) is 0 Å². The molecule has 0 aliphatic heterocycles. The van der Waals surface area contributed by atoms with Gasteiger partial charge in [-0.25, -0.2) is 0 Å². The van der Waals surface area contributed by atoms with Crippen LogP contribution in [0.1, 0.15) is 52.0 Å². The van der Waals surface area contributed by atoms with Crippen LogP contribution in [0.25, 0.3) is 21.8 Å². The first-order valence-electron chi connectivity index (χ1n) is 9.23. The van der Waals surface area contributed by atoms with Crippen molar-refractivity contribution in [2.24, 2.45) is 11.8 Å². The average molecular weight is 386 g/mol. The minimum Gasteiger partial charge on any atom is -0.354 e. The lowest BCUT2D eigenvalue weighted by molar-refractivity contribution is 0.437. The average Bonchev–Trinajstić information content (AvgIpc) is 2.91. The molecule has 1 unspecified atom stereocenters. The standard InChI is InChI=1S/C22H28BrN/c1-15(2)6-4-7-16(3)10-11-17-8-5-9-19-20-14-18(23)12-13-21(20)24-22(17)19/h5,8-9,12-16,24H,4,6-7,10-11H2,1-3H3. The van der Waals surface area contributed by atoms with E-state index in [0.717, 1.165) is 22.7 Å². The normalized spacial score (nSPS) is 13.2. The molecule has 0 saturated heterocycles. The highest BCUT2D eigenvalue weighted by atomic mass is 79.9. The molecule has 0 fully saturated rings. The zero-order valence-electron chi connectivity index (χ0n) is 15.0. The summed E-state index contributed by atoms with van der Waals surface area (Å²) >= 11 is 3.59. The van der Waals surface area contributed by atoms with Gasteiger partial charge in [-0.1, -0.05) is 74.2 Å². The largest absolute Gasteiger partial charge is 0.354 e. The van der Waals surface area contributed by atoms with E-state index in [2.05, 4.69) is 78.1 Å². The van der Waals surface area contributed by atoms with Crippen LogP contribution in [-0.4, -0.2) is 4.98 Å². The first-order valence-corrected chi connectivity index (χ1v) is 10.0. The Morgan fingerprint density at radius 1 is 0.958 bits per heavy atom. The highest BCUT2D eigenvalue weighted by Crippen LogP contribution is 2.31. The number of aromatic amines is 1. The van der Waals surface area contributed by atoms with Crippen LogP contribution in [0, 0.1) is 11.8 Å². The van der Waals surface area contributed by atoms with Crippen LogP contribution in [0.3, 0.4) is 0 Å². The number of hydrogen-bond acceptors (Lipinski definition) is 0. The number of hydrogen-bond donors (Lipinski definition) is 1. The number of nitrogens with one attached hydrogen (secondary N) is 1. The van der Waals surface area contributed by atoms with Crippen LogP contribution in [0.2, 0.25) is 0 Å². The summed E-state index contributed by atoms with van der Waals surface area (Å²) in [6.07, 6.45) is 6.51. The number of halogens is 1. The lowest BCUT2D eigenvalue weighted by Gasteiger charge is -2.12. The second kappa shape index (κ2) is 7.74. The summed E-state index contributed by atoms with van der Waals surface area (Å²) in [6, 6.07) is 13.2. The van der Waals surface area contributed by atoms with Crippen molar-refractivity contribution < 1.29 is 0 Å². The van der Waals surface area contributed by atoms with E-state index in [1.807, 2.05) is 0 Å². The molecule has 0 bridgehead atoms. The summed E-state index contributed by atoms with van der Waals surface area (Å²) in [5.74, 6) is 1.63. The first-order chi connectivity index (χ1) is 11.5. The quantitative estimate of drug-likeness (QED) is 0.433. The molecule has 1 heterocycles. The molecular weight excluding hydrogens is 358 g/mol. The molecule has 0 saturated carbocycles. The highest BCUT2D eigenvalue weighted by molar-refractivity contribution is 9.10. The van der Waals surface area contributed by atoms with Gasteiger partial charge in [-0.2, -0.15) is 0 Å². The summed E-state index contributed by atoms with van der Waals surface area (Å²) in [6.45, 7) is 7.04. The van der Waals surface area contributed by atoms with Crippen molar-refractivity contribution >= 4 is 37.7 Å². The maximum absolute atomic E-state index is 3.63. The summed E-state index contributed by atoms with van der Waals surface area (Å²) in [7, 11) is 0. The lowest BCUT2D eigenvalue weighted by Crippen LogP contribution is -1.99. The van der Waals surface area contributed by atoms with Crippen molar-refractivity contribution in [3.05, 3.63) is 46.4 Å². The van der Waals surface area contributed by atoms with E-state index in [1.165, 1.54) is 53.1 Å². The highest BCUT2D eigenvalue weighted by Gasteiger charge is 2.10. The third-order valence-corrected chi connectivity index (χ3v) is 5.56. The van der Waals surface area contributed by atoms with E-state index in [1.54, 1.807) is 0 Å². The Labute approximate surface area is 154 Å². The first kappa shape index (κ1) is 17.5. The summed E-state index contributed by atoms with van der Waals surface area (Å²) < 4.78 is 1.14. The molecule has 2 heteroatoms. The van der Waals surface area contributed by atoms with Crippen LogP contribution in [0.5, 0.6) is 0 Å². The fourth-order valence-corrected chi connectivity index (χ4v) is 3.95. The second-order valence-electron chi connectivity index (χ2n) is 7.62. The number of rotatable bonds is 7. The topological polar surface area (TPSA) is 15.8 Å². The molecule has 128 valence electrons. The van der Waals surface area contributed by atoms with Crippen molar-refractivity contribution in [2.45, 2.75) is 52.9 Å². The van der Waals surface area contributed by atoms with Crippen molar-refractivity contribution in [3.63, 3.8) is 0 Å². The van der Waals surface area contributed by atoms with Gasteiger partial charge in [0.15, 0.2) is 0 Å². The molecule has 0 aliphatic carbocycles. The summed E-state index contributed by atoms with van der Waals surface area (Å²) in [4.78, 5) is 3.63. The smallest absolute Gasteiger partial charge is 0.0497 e. The van der Waals surface area contributed by atoms with E-state index < -0.39 is 0 Å². The molecule has 1 atom stereocenters. The molecule has 1 N–H and O–H groups in total. The van der Waals surface area contributed by atoms with E-state index in [-0.39, 0.29) is 0 Å². The van der Waals surface area contributed by atoms with Crippen molar-refractivity contribution in [3.8, 4) is 0 Å². The maximum atomic E-state index is 3.63. The van der Waals surface area contributed by atoms with E-state index in [0.29, 0.717) is 0 Å². The third-order valence-electron chi connectivity index (χ3n) is 5.07. The van der Waals surface area contributed by atoms with Crippen LogP contribution in [0.15, 0.2) is 40.9 Å². The predicted molar refractivity (Wildman–Crippen MR) is 110 cm³/mol. The van der Waals surface area contributed by atoms with Crippen molar-refractivity contribution in [1.29, 1.82) is 0 Å². The van der Waals surface area contributed by atoms with Gasteiger partial charge in [0, 0.05) is 26.3 Å². The van der Waals surface area contributed by atoms with Gasteiger partial charge in [0.1, 0.15) is 0 Å². The van der Waals surface area contributed by atoms with Crippen LogP contribution < -0.4 is 0 Å². The summed E-state index contributed by atoms with van der Waals surface area (Å²) in [5.41, 5.74) is 4.00. The molecule has 24 heavy (non-hydrogen) atoms. The van der Waals surface area contributed by atoms with Gasteiger partial charge >= 0.3 is 0 Å². The minimum atomic E-state index is 0.803. The Morgan fingerprint density at radius 3 is 2.58 bits per heavy atom. The van der Waals surface area contributed by atoms with Crippen molar-refractivity contribution in [2.75, 3.05) is 0 Å². The number of benzene rings is 2. The predicted octanol–water partition coefficient (Wildman–Crippen LogP) is 7.48. The van der Waals surface area contributed by atoms with Gasteiger partial charge in [-0.15, -0.1) is 0 Å². The molecule has 0 aliphatic rings. The number of aromatic nitrogens is 1. The zero-order chi connectivity index (χ0) is 17.1. The van der Waals surface area contributed by atoms with Gasteiger partial charge in [-0.05, 0) is 48.4 Å². The minimum absolute atomic E-state index is 0.803. The molecule has 1 aromatic heterocycles. The maximum Gasteiger partial charge on any atom is 0.0497 e. The monoisotopic (exact) mass is 385 g/mol. The number of H-pyrrole nitrogens is 1. The number of aryl methyl sites for hydroxylation is 1. The Morgan fingerprint density at radius 2 is 1.79 bits per heavy atom. The molecular formula is C22H28BrN. The van der Waals surface area contributed by atoms with Crippen LogP contribution >= 0.6 is 15.9 Å². The Bertz CT molecular complexity index is 815. The van der Waals surface area contributed by atoms with Gasteiger partial charge in [0.25, 0.3) is 0 Å². The Hall–Kier alpha value is -1.28. The van der Waals surface area contributed by atoms with Crippen LogP contribution in [-0.2, 0) is 6.42 Å².